The smallest absolute Gasteiger partial charge is 0.278 e. The van der Waals surface area contributed by atoms with Gasteiger partial charge >= 0.3 is 0 Å². The summed E-state index contributed by atoms with van der Waals surface area (Å²) in [6.45, 7) is 3.92. The molecule has 0 fully saturated rings. The summed E-state index contributed by atoms with van der Waals surface area (Å²) in [6, 6.07) is 13.4. The van der Waals surface area contributed by atoms with Crippen LogP contribution >= 0.6 is 15.9 Å². The number of imidazole rings is 1. The molecule has 148 valence electrons. The number of para-hydroxylation sites is 1. The zero-order valence-electron chi connectivity index (χ0n) is 16.4. The Morgan fingerprint density at radius 2 is 1.79 bits per heavy atom. The summed E-state index contributed by atoms with van der Waals surface area (Å²) in [5, 5.41) is 4.14. The molecule has 0 unspecified atom stereocenters. The number of aromatic nitrogens is 4. The van der Waals surface area contributed by atoms with E-state index < -0.39 is 0 Å². The van der Waals surface area contributed by atoms with Crippen LogP contribution in [0.5, 0.6) is 11.5 Å². The van der Waals surface area contributed by atoms with Gasteiger partial charge < -0.3 is 14.0 Å². The Morgan fingerprint density at radius 3 is 2.52 bits per heavy atom. The molecule has 0 spiro atoms. The molecule has 4 aromatic rings. The van der Waals surface area contributed by atoms with Crippen molar-refractivity contribution in [2.75, 3.05) is 14.2 Å². The van der Waals surface area contributed by atoms with Crippen LogP contribution in [0.4, 0.5) is 0 Å². The minimum Gasteiger partial charge on any atom is -0.497 e. The van der Waals surface area contributed by atoms with E-state index >= 15 is 0 Å². The number of hydrogen-bond donors (Lipinski definition) is 0. The highest BCUT2D eigenvalue weighted by molar-refractivity contribution is 9.10. The van der Waals surface area contributed by atoms with Crippen molar-refractivity contribution in [2.24, 2.45) is 0 Å². The summed E-state index contributed by atoms with van der Waals surface area (Å²) in [5.41, 5.74) is 3.22. The van der Waals surface area contributed by atoms with Gasteiger partial charge in [0.15, 0.2) is 0 Å². The van der Waals surface area contributed by atoms with E-state index in [2.05, 4.69) is 35.6 Å². The number of nitrogens with zero attached hydrogens (tertiary/aromatic N) is 4. The topological polar surface area (TPSA) is 75.2 Å². The van der Waals surface area contributed by atoms with E-state index in [1.807, 2.05) is 50.2 Å². The highest BCUT2D eigenvalue weighted by atomic mass is 79.9. The van der Waals surface area contributed by atoms with E-state index in [0.717, 1.165) is 21.7 Å². The van der Waals surface area contributed by atoms with Crippen LogP contribution in [0.3, 0.4) is 0 Å². The molecule has 0 aliphatic heterocycles. The molecule has 7 nitrogen and oxygen atoms in total. The molecule has 0 aliphatic carbocycles. The molecule has 2 aromatic heterocycles. The average molecular weight is 455 g/mol. The minimum absolute atomic E-state index is 0.344. The van der Waals surface area contributed by atoms with Gasteiger partial charge in [-0.05, 0) is 60.1 Å². The van der Waals surface area contributed by atoms with Crippen molar-refractivity contribution in [2.45, 2.75) is 13.8 Å². The lowest BCUT2D eigenvalue weighted by Gasteiger charge is -2.09. The molecule has 0 bridgehead atoms. The molecule has 4 rings (SSSR count). The van der Waals surface area contributed by atoms with Gasteiger partial charge in [0, 0.05) is 4.47 Å². The van der Waals surface area contributed by atoms with Crippen molar-refractivity contribution < 1.29 is 14.0 Å². The van der Waals surface area contributed by atoms with Crippen LogP contribution in [0, 0.1) is 13.8 Å². The fourth-order valence-electron chi connectivity index (χ4n) is 3.25. The Morgan fingerprint density at radius 1 is 1.00 bits per heavy atom. The average Bonchev–Trinajstić information content (AvgIpc) is 3.33. The maximum absolute atomic E-state index is 5.55. The monoisotopic (exact) mass is 454 g/mol. The first kappa shape index (κ1) is 19.2. The fraction of sp³-hybridized carbons (Fsp3) is 0.190. The van der Waals surface area contributed by atoms with Crippen LogP contribution in [0.15, 0.2) is 51.5 Å². The van der Waals surface area contributed by atoms with E-state index in [0.29, 0.717) is 34.5 Å². The van der Waals surface area contributed by atoms with Gasteiger partial charge in [0.2, 0.25) is 5.82 Å². The Labute approximate surface area is 176 Å². The summed E-state index contributed by atoms with van der Waals surface area (Å²) in [4.78, 5) is 9.24. The quantitative estimate of drug-likeness (QED) is 0.422. The second kappa shape index (κ2) is 7.71. The molecule has 8 heteroatoms. The van der Waals surface area contributed by atoms with Gasteiger partial charge in [-0.25, -0.2) is 4.98 Å². The fourth-order valence-corrected chi connectivity index (χ4v) is 3.71. The first-order valence-corrected chi connectivity index (χ1v) is 9.70. The van der Waals surface area contributed by atoms with Crippen LogP contribution < -0.4 is 9.47 Å². The number of halogens is 1. The molecular formula is C21H19BrN4O3. The lowest BCUT2D eigenvalue weighted by Crippen LogP contribution is -2.00. The molecule has 0 radical (unpaired) electrons. The lowest BCUT2D eigenvalue weighted by atomic mass is 10.2. The Balaban J connectivity index is 1.79. The van der Waals surface area contributed by atoms with Gasteiger partial charge in [-0.2, -0.15) is 4.98 Å². The van der Waals surface area contributed by atoms with Gasteiger partial charge in [-0.15, -0.1) is 0 Å². The number of benzene rings is 2. The molecular weight excluding hydrogens is 436 g/mol. The van der Waals surface area contributed by atoms with Crippen LogP contribution in [-0.2, 0) is 0 Å². The Bertz CT molecular complexity index is 1180. The maximum atomic E-state index is 5.55. The van der Waals surface area contributed by atoms with Crippen LogP contribution in [-0.4, -0.2) is 33.9 Å². The van der Waals surface area contributed by atoms with Crippen molar-refractivity contribution in [3.8, 4) is 40.2 Å². The molecule has 2 heterocycles. The predicted octanol–water partition coefficient (Wildman–Crippen LogP) is 4.99. The molecule has 2 aromatic carbocycles. The molecule has 0 atom stereocenters. The number of hydrogen-bond acceptors (Lipinski definition) is 6. The summed E-state index contributed by atoms with van der Waals surface area (Å²) >= 11 is 3.61. The summed E-state index contributed by atoms with van der Waals surface area (Å²) in [6.07, 6.45) is 0. The van der Waals surface area contributed by atoms with Gasteiger partial charge in [0.05, 0.1) is 31.2 Å². The molecule has 0 saturated carbocycles. The maximum Gasteiger partial charge on any atom is 0.278 e. The minimum atomic E-state index is 0.344. The van der Waals surface area contributed by atoms with E-state index in [-0.39, 0.29) is 0 Å². The molecule has 0 saturated heterocycles. The summed E-state index contributed by atoms with van der Waals surface area (Å²) in [5.74, 6) is 2.88. The highest BCUT2D eigenvalue weighted by Crippen LogP contribution is 2.34. The van der Waals surface area contributed by atoms with E-state index in [4.69, 9.17) is 14.0 Å². The van der Waals surface area contributed by atoms with E-state index in [1.165, 1.54) is 0 Å². The SMILES string of the molecule is COc1ccc(OC)c(-c2noc(-c3nc(C)n(-c4ccccc4Br)c3C)n2)c1. The molecule has 29 heavy (non-hydrogen) atoms. The van der Waals surface area contributed by atoms with Crippen LogP contribution in [0.2, 0.25) is 0 Å². The summed E-state index contributed by atoms with van der Waals surface area (Å²) in [7, 11) is 3.20. The van der Waals surface area contributed by atoms with Crippen molar-refractivity contribution in [1.29, 1.82) is 0 Å². The van der Waals surface area contributed by atoms with Crippen molar-refractivity contribution in [1.82, 2.24) is 19.7 Å². The largest absolute Gasteiger partial charge is 0.497 e. The number of rotatable bonds is 5. The van der Waals surface area contributed by atoms with Crippen molar-refractivity contribution >= 4 is 15.9 Å². The Kier molecular flexibility index (Phi) is 5.10. The zero-order chi connectivity index (χ0) is 20.5. The van der Waals surface area contributed by atoms with Gasteiger partial charge in [0.25, 0.3) is 5.89 Å². The third kappa shape index (κ3) is 3.40. The van der Waals surface area contributed by atoms with Crippen LogP contribution in [0.1, 0.15) is 11.5 Å². The van der Waals surface area contributed by atoms with Gasteiger partial charge in [-0.1, -0.05) is 17.3 Å². The van der Waals surface area contributed by atoms with E-state index in [1.54, 1.807) is 20.3 Å². The molecule has 0 aliphatic rings. The summed E-state index contributed by atoms with van der Waals surface area (Å²) < 4.78 is 19.3. The second-order valence-corrected chi connectivity index (χ2v) is 7.22. The molecule has 0 N–H and O–H groups in total. The van der Waals surface area contributed by atoms with Crippen molar-refractivity contribution in [3.05, 3.63) is 58.5 Å². The van der Waals surface area contributed by atoms with Gasteiger partial charge in [-0.3, -0.25) is 4.57 Å². The number of aryl methyl sites for hydroxylation is 1. The third-order valence-corrected chi connectivity index (χ3v) is 5.32. The van der Waals surface area contributed by atoms with Gasteiger partial charge in [0.1, 0.15) is 23.0 Å². The Hall–Kier alpha value is -3.13. The van der Waals surface area contributed by atoms with E-state index in [9.17, 15) is 0 Å². The number of methoxy groups -OCH3 is 2. The molecule has 0 amide bonds. The van der Waals surface area contributed by atoms with Crippen LogP contribution in [0.25, 0.3) is 28.7 Å². The highest BCUT2D eigenvalue weighted by Gasteiger charge is 2.22. The lowest BCUT2D eigenvalue weighted by molar-refractivity contribution is 0.403. The third-order valence-electron chi connectivity index (χ3n) is 4.64. The standard InChI is InChI=1S/C21H19BrN4O3/c1-12-19(23-13(2)26(12)17-8-6-5-7-16(17)22)21-24-20(25-29-21)15-11-14(27-3)9-10-18(15)28-4/h5-11H,1-4H3. The second-order valence-electron chi connectivity index (χ2n) is 6.37. The first-order chi connectivity index (χ1) is 14.0. The normalized spacial score (nSPS) is 10.9. The first-order valence-electron chi connectivity index (χ1n) is 8.90. The number of ether oxygens (including phenoxy) is 2. The van der Waals surface area contributed by atoms with Crippen molar-refractivity contribution in [3.63, 3.8) is 0 Å². The zero-order valence-corrected chi connectivity index (χ0v) is 18.0. The predicted molar refractivity (Wildman–Crippen MR) is 113 cm³/mol.